The number of hydrogen-bond acceptors (Lipinski definition) is 2. The van der Waals surface area contributed by atoms with E-state index >= 15 is 0 Å². The normalized spacial score (nSPS) is 10.3. The number of nitrogens with one attached hydrogen (secondary N) is 1. The average Bonchev–Trinajstić information content (AvgIpc) is 2.37. The van der Waals surface area contributed by atoms with Gasteiger partial charge in [-0.15, -0.1) is 11.6 Å². The van der Waals surface area contributed by atoms with Crippen molar-refractivity contribution in [1.29, 1.82) is 0 Å². The molecule has 1 rings (SSSR count). The fourth-order valence-corrected chi connectivity index (χ4v) is 1.82. The molecule has 1 aromatic rings. The second-order valence-corrected chi connectivity index (χ2v) is 4.81. The fourth-order valence-electron chi connectivity index (χ4n) is 1.45. The molecule has 0 atom stereocenters. The highest BCUT2D eigenvalue weighted by Gasteiger charge is 2.09. The highest BCUT2D eigenvalue weighted by Crippen LogP contribution is 2.17. The Bertz CT molecular complexity index is 466. The maximum absolute atomic E-state index is 12.8. The Labute approximate surface area is 121 Å². The zero-order chi connectivity index (χ0) is 14.3. The summed E-state index contributed by atoms with van der Waals surface area (Å²) in [4.78, 5) is 22.9. The van der Waals surface area contributed by atoms with E-state index in [4.69, 9.17) is 23.2 Å². The van der Waals surface area contributed by atoms with Gasteiger partial charge in [0.15, 0.2) is 5.78 Å². The van der Waals surface area contributed by atoms with Gasteiger partial charge in [0.2, 0.25) is 5.91 Å². The number of carbonyl (C=O) groups excluding carboxylic acids is 2. The zero-order valence-electron chi connectivity index (χ0n) is 10.2. The van der Waals surface area contributed by atoms with E-state index in [-0.39, 0.29) is 29.7 Å². The Morgan fingerprint density at radius 2 is 2.05 bits per heavy atom. The lowest BCUT2D eigenvalue weighted by atomic mass is 10.1. The molecule has 1 aromatic carbocycles. The van der Waals surface area contributed by atoms with E-state index in [0.717, 1.165) is 6.07 Å². The van der Waals surface area contributed by atoms with Crippen molar-refractivity contribution in [3.63, 3.8) is 0 Å². The third-order valence-electron chi connectivity index (χ3n) is 2.42. The summed E-state index contributed by atoms with van der Waals surface area (Å²) in [6.45, 7) is -0.0607. The third kappa shape index (κ3) is 6.03. The van der Waals surface area contributed by atoms with Gasteiger partial charge in [-0.05, 0) is 24.1 Å². The summed E-state index contributed by atoms with van der Waals surface area (Å²) in [5.41, 5.74) is 0.545. The molecule has 0 bridgehead atoms. The predicted molar refractivity (Wildman–Crippen MR) is 73.1 cm³/mol. The first-order chi connectivity index (χ1) is 9.02. The molecule has 0 aliphatic rings. The van der Waals surface area contributed by atoms with Gasteiger partial charge >= 0.3 is 0 Å². The van der Waals surface area contributed by atoms with Crippen LogP contribution in [0.1, 0.15) is 18.4 Å². The molecule has 0 aliphatic carbocycles. The van der Waals surface area contributed by atoms with Crippen molar-refractivity contribution in [1.82, 2.24) is 5.32 Å². The highest BCUT2D eigenvalue weighted by molar-refractivity contribution is 6.31. The van der Waals surface area contributed by atoms with E-state index in [2.05, 4.69) is 5.32 Å². The quantitative estimate of drug-likeness (QED) is 0.787. The van der Waals surface area contributed by atoms with Crippen LogP contribution in [0.5, 0.6) is 0 Å². The van der Waals surface area contributed by atoms with Gasteiger partial charge in [0.25, 0.3) is 0 Å². The first kappa shape index (κ1) is 15.9. The highest BCUT2D eigenvalue weighted by atomic mass is 35.5. The monoisotopic (exact) mass is 305 g/mol. The van der Waals surface area contributed by atoms with Crippen molar-refractivity contribution in [3.05, 3.63) is 34.6 Å². The molecule has 0 saturated heterocycles. The number of hydrogen-bond donors (Lipinski definition) is 1. The molecule has 19 heavy (non-hydrogen) atoms. The number of alkyl halides is 1. The van der Waals surface area contributed by atoms with Crippen molar-refractivity contribution in [2.24, 2.45) is 0 Å². The largest absolute Gasteiger partial charge is 0.349 e. The van der Waals surface area contributed by atoms with Gasteiger partial charge < -0.3 is 5.32 Å². The first-order valence-corrected chi connectivity index (χ1v) is 6.72. The Morgan fingerprint density at radius 3 is 2.68 bits per heavy atom. The number of benzene rings is 1. The van der Waals surface area contributed by atoms with E-state index in [9.17, 15) is 14.0 Å². The minimum absolute atomic E-state index is 0.0607. The van der Waals surface area contributed by atoms with Crippen LogP contribution in [0.3, 0.4) is 0 Å². The van der Waals surface area contributed by atoms with Gasteiger partial charge in [0.05, 0.1) is 6.54 Å². The van der Waals surface area contributed by atoms with Gasteiger partial charge in [-0.1, -0.05) is 17.7 Å². The molecule has 1 N–H and O–H groups in total. The number of ketones is 1. The summed E-state index contributed by atoms with van der Waals surface area (Å²) < 4.78 is 12.8. The molecule has 0 radical (unpaired) electrons. The van der Waals surface area contributed by atoms with Crippen LogP contribution in [0, 0.1) is 5.82 Å². The Hall–Kier alpha value is -1.13. The van der Waals surface area contributed by atoms with E-state index in [1.165, 1.54) is 12.1 Å². The van der Waals surface area contributed by atoms with Crippen LogP contribution in [0.2, 0.25) is 5.02 Å². The van der Waals surface area contributed by atoms with Gasteiger partial charge in [-0.25, -0.2) is 4.39 Å². The fraction of sp³-hybridized carbons (Fsp3) is 0.385. The van der Waals surface area contributed by atoms with Crippen molar-refractivity contribution in [3.8, 4) is 0 Å². The first-order valence-electron chi connectivity index (χ1n) is 5.81. The van der Waals surface area contributed by atoms with Crippen LogP contribution < -0.4 is 5.32 Å². The van der Waals surface area contributed by atoms with Crippen molar-refractivity contribution in [2.45, 2.75) is 19.3 Å². The second-order valence-electron chi connectivity index (χ2n) is 4.02. The van der Waals surface area contributed by atoms with Crippen LogP contribution >= 0.6 is 23.2 Å². The van der Waals surface area contributed by atoms with Gasteiger partial charge in [-0.2, -0.15) is 0 Å². The van der Waals surface area contributed by atoms with Gasteiger partial charge in [0, 0.05) is 23.7 Å². The molecule has 6 heteroatoms. The van der Waals surface area contributed by atoms with E-state index < -0.39 is 5.82 Å². The van der Waals surface area contributed by atoms with Crippen molar-refractivity contribution < 1.29 is 14.0 Å². The molecule has 0 unspecified atom stereocenters. The summed E-state index contributed by atoms with van der Waals surface area (Å²) in [6.07, 6.45) is 0.939. The lowest BCUT2D eigenvalue weighted by Crippen LogP contribution is -2.30. The van der Waals surface area contributed by atoms with Crippen LogP contribution in [0.4, 0.5) is 4.39 Å². The van der Waals surface area contributed by atoms with E-state index in [1.54, 1.807) is 0 Å². The maximum atomic E-state index is 12.8. The molecule has 104 valence electrons. The van der Waals surface area contributed by atoms with Crippen molar-refractivity contribution in [2.75, 3.05) is 12.4 Å². The van der Waals surface area contributed by atoms with E-state index in [0.29, 0.717) is 24.3 Å². The topological polar surface area (TPSA) is 46.2 Å². The number of carbonyl (C=O) groups is 2. The van der Waals surface area contributed by atoms with Crippen molar-refractivity contribution >= 4 is 34.9 Å². The van der Waals surface area contributed by atoms with Crippen LogP contribution in [0.25, 0.3) is 0 Å². The zero-order valence-corrected chi connectivity index (χ0v) is 11.7. The van der Waals surface area contributed by atoms with E-state index in [1.807, 2.05) is 0 Å². The summed E-state index contributed by atoms with van der Waals surface area (Å²) in [6, 6.07) is 3.86. The maximum Gasteiger partial charge on any atom is 0.220 e. The van der Waals surface area contributed by atoms with Gasteiger partial charge in [-0.3, -0.25) is 9.59 Å². The molecule has 1 amide bonds. The smallest absolute Gasteiger partial charge is 0.220 e. The second kappa shape index (κ2) is 8.12. The number of rotatable bonds is 7. The predicted octanol–water partition coefficient (Wildman–Crippen LogP) is 2.73. The summed E-state index contributed by atoms with van der Waals surface area (Å²) in [5, 5.41) is 2.71. The number of amides is 1. The Kier molecular flexibility index (Phi) is 6.81. The summed E-state index contributed by atoms with van der Waals surface area (Å²) in [7, 11) is 0. The molecule has 0 aliphatic heterocycles. The SMILES string of the molecule is O=C(CNC(=O)CCCCl)Cc1ccc(F)cc1Cl. The van der Waals surface area contributed by atoms with Crippen LogP contribution in [-0.4, -0.2) is 24.1 Å². The number of Topliss-reactive ketones (excluding diaryl/α,β-unsaturated/α-hetero) is 1. The molecule has 0 fully saturated rings. The minimum atomic E-state index is -0.449. The lowest BCUT2D eigenvalue weighted by Gasteiger charge is -2.05. The Morgan fingerprint density at radius 1 is 1.32 bits per heavy atom. The molecule has 0 heterocycles. The van der Waals surface area contributed by atoms with Gasteiger partial charge in [0.1, 0.15) is 5.82 Å². The summed E-state index contributed by atoms with van der Waals surface area (Å²) >= 11 is 11.3. The van der Waals surface area contributed by atoms with Crippen LogP contribution in [0.15, 0.2) is 18.2 Å². The molecule has 0 aromatic heterocycles. The average molecular weight is 306 g/mol. The Balaban J connectivity index is 2.41. The molecule has 0 saturated carbocycles. The lowest BCUT2D eigenvalue weighted by molar-refractivity contribution is -0.124. The van der Waals surface area contributed by atoms with Crippen LogP contribution in [-0.2, 0) is 16.0 Å². The summed E-state index contributed by atoms with van der Waals surface area (Å²) in [5.74, 6) is -0.436. The molecule has 3 nitrogen and oxygen atoms in total. The standard InChI is InChI=1S/C13H14Cl2FNO2/c14-5-1-2-13(19)17-8-11(18)6-9-3-4-10(16)7-12(9)15/h3-4,7H,1-2,5-6,8H2,(H,17,19). The minimum Gasteiger partial charge on any atom is -0.349 e. The third-order valence-corrected chi connectivity index (χ3v) is 3.04. The molecular weight excluding hydrogens is 292 g/mol. The molecular formula is C13H14Cl2FNO2. The number of halogens is 3. The molecule has 0 spiro atoms.